The second-order valence-electron chi connectivity index (χ2n) is 7.20. The Morgan fingerprint density at radius 1 is 1.06 bits per heavy atom. The number of pyridine rings is 1. The predicted octanol–water partition coefficient (Wildman–Crippen LogP) is 4.18. The fourth-order valence-electron chi connectivity index (χ4n) is 3.20. The van der Waals surface area contributed by atoms with Crippen molar-refractivity contribution in [1.82, 2.24) is 15.3 Å². The van der Waals surface area contributed by atoms with Gasteiger partial charge in [0.1, 0.15) is 22.9 Å². The summed E-state index contributed by atoms with van der Waals surface area (Å²) in [4.78, 5) is 42.0. The van der Waals surface area contributed by atoms with Gasteiger partial charge in [-0.1, -0.05) is 6.07 Å². The summed E-state index contributed by atoms with van der Waals surface area (Å²) in [5.41, 5.74) is 2.36. The van der Waals surface area contributed by atoms with Gasteiger partial charge in [0, 0.05) is 54.1 Å². The molecule has 166 valence electrons. The van der Waals surface area contributed by atoms with Crippen LogP contribution in [0.1, 0.15) is 26.5 Å². The number of benzene rings is 2. The van der Waals surface area contributed by atoms with Crippen LogP contribution in [0.25, 0.3) is 10.9 Å². The number of nitrogens with one attached hydrogen (secondary N) is 3. The number of rotatable bonds is 6. The van der Waals surface area contributed by atoms with Gasteiger partial charge >= 0.3 is 0 Å². The maximum Gasteiger partial charge on any atom is 0.272 e. The number of hydrogen-bond acceptors (Lipinski definition) is 6. The molecular weight excluding hydrogens is 426 g/mol. The number of fused-ring (bicyclic) bond motifs is 1. The fraction of sp³-hybridized carbons (Fsp3) is 0.0870. The van der Waals surface area contributed by atoms with E-state index in [-0.39, 0.29) is 23.0 Å². The van der Waals surface area contributed by atoms with Gasteiger partial charge in [0.05, 0.1) is 4.92 Å². The average Bonchev–Trinajstić information content (AvgIpc) is 3.24. The number of aromatic nitrogens is 2. The Morgan fingerprint density at radius 2 is 1.88 bits per heavy atom. The third kappa shape index (κ3) is 4.64. The van der Waals surface area contributed by atoms with E-state index in [0.717, 1.165) is 5.56 Å². The molecule has 0 saturated carbocycles. The van der Waals surface area contributed by atoms with Crippen molar-refractivity contribution in [2.24, 2.45) is 0 Å². The number of nitro groups is 1. The maximum atomic E-state index is 12.7. The number of carbonyl (C=O) groups excluding carboxylic acids is 2. The van der Waals surface area contributed by atoms with Gasteiger partial charge < -0.3 is 20.4 Å². The van der Waals surface area contributed by atoms with Gasteiger partial charge in [0.2, 0.25) is 0 Å². The minimum atomic E-state index is -0.486. The number of amides is 2. The minimum Gasteiger partial charge on any atom is -0.457 e. The highest BCUT2D eigenvalue weighted by molar-refractivity contribution is 6.06. The van der Waals surface area contributed by atoms with E-state index in [2.05, 4.69) is 20.6 Å². The standard InChI is InChI=1S/C23H19N5O5/c1-13-3-4-15(11-21(13)33-17-7-8-25-19(12-17)22(29)24-2)26-23(30)20-10-14-9-16(28(31)32)5-6-18(14)27-20/h3-12,27H,1-2H3,(H,24,29)(H,26,30). The van der Waals surface area contributed by atoms with Gasteiger partial charge in [0.15, 0.2) is 0 Å². The largest absolute Gasteiger partial charge is 0.457 e. The van der Waals surface area contributed by atoms with Crippen molar-refractivity contribution in [3.8, 4) is 11.5 Å². The number of anilines is 1. The van der Waals surface area contributed by atoms with Crippen molar-refractivity contribution in [2.45, 2.75) is 6.92 Å². The summed E-state index contributed by atoms with van der Waals surface area (Å²) in [6.45, 7) is 1.85. The van der Waals surface area contributed by atoms with Crippen LogP contribution in [0.5, 0.6) is 11.5 Å². The van der Waals surface area contributed by atoms with Crippen molar-refractivity contribution in [3.63, 3.8) is 0 Å². The van der Waals surface area contributed by atoms with Crippen molar-refractivity contribution >= 4 is 34.1 Å². The molecule has 0 aliphatic carbocycles. The van der Waals surface area contributed by atoms with Crippen molar-refractivity contribution < 1.29 is 19.2 Å². The highest BCUT2D eigenvalue weighted by atomic mass is 16.6. The quantitative estimate of drug-likeness (QED) is 0.300. The number of carbonyl (C=O) groups is 2. The summed E-state index contributed by atoms with van der Waals surface area (Å²) >= 11 is 0. The summed E-state index contributed by atoms with van der Waals surface area (Å²) in [7, 11) is 1.52. The molecule has 0 radical (unpaired) electrons. The number of nitro benzene ring substituents is 1. The lowest BCUT2D eigenvalue weighted by Gasteiger charge is -2.12. The van der Waals surface area contributed by atoms with E-state index >= 15 is 0 Å². The monoisotopic (exact) mass is 445 g/mol. The average molecular weight is 445 g/mol. The van der Waals surface area contributed by atoms with E-state index in [0.29, 0.717) is 28.1 Å². The zero-order valence-corrected chi connectivity index (χ0v) is 17.7. The lowest BCUT2D eigenvalue weighted by Crippen LogP contribution is -2.18. The van der Waals surface area contributed by atoms with Gasteiger partial charge in [-0.25, -0.2) is 0 Å². The SMILES string of the molecule is CNC(=O)c1cc(Oc2cc(NC(=O)c3cc4cc([N+](=O)[O-])ccc4[nH]3)ccc2C)ccn1. The first-order valence-electron chi connectivity index (χ1n) is 9.89. The summed E-state index contributed by atoms with van der Waals surface area (Å²) in [6, 6.07) is 14.2. The molecule has 0 aliphatic rings. The highest BCUT2D eigenvalue weighted by Gasteiger charge is 2.14. The van der Waals surface area contributed by atoms with Crippen LogP contribution in [0.4, 0.5) is 11.4 Å². The molecule has 0 unspecified atom stereocenters. The van der Waals surface area contributed by atoms with Gasteiger partial charge in [-0.2, -0.15) is 0 Å². The van der Waals surface area contributed by atoms with Crippen LogP contribution in [-0.4, -0.2) is 33.8 Å². The molecule has 2 amide bonds. The van der Waals surface area contributed by atoms with Gasteiger partial charge in [-0.05, 0) is 36.8 Å². The molecule has 0 spiro atoms. The Labute approximate surface area is 187 Å². The van der Waals surface area contributed by atoms with E-state index in [1.807, 2.05) is 6.92 Å². The fourth-order valence-corrected chi connectivity index (χ4v) is 3.20. The summed E-state index contributed by atoms with van der Waals surface area (Å²) in [6.07, 6.45) is 1.47. The van der Waals surface area contributed by atoms with E-state index in [9.17, 15) is 19.7 Å². The first kappa shape index (κ1) is 21.5. The molecule has 0 saturated heterocycles. The molecule has 3 N–H and O–H groups in total. The highest BCUT2D eigenvalue weighted by Crippen LogP contribution is 2.29. The summed E-state index contributed by atoms with van der Waals surface area (Å²) in [5, 5.41) is 16.8. The molecule has 33 heavy (non-hydrogen) atoms. The van der Waals surface area contributed by atoms with Crippen molar-refractivity contribution in [3.05, 3.63) is 87.9 Å². The zero-order chi connectivity index (χ0) is 23.5. The number of aromatic amines is 1. The molecule has 0 bridgehead atoms. The third-order valence-corrected chi connectivity index (χ3v) is 4.92. The summed E-state index contributed by atoms with van der Waals surface area (Å²) in [5.74, 6) is 0.179. The second-order valence-corrected chi connectivity index (χ2v) is 7.20. The third-order valence-electron chi connectivity index (χ3n) is 4.92. The molecule has 2 aromatic heterocycles. The molecule has 10 nitrogen and oxygen atoms in total. The van der Waals surface area contributed by atoms with Crippen LogP contribution in [0, 0.1) is 17.0 Å². The summed E-state index contributed by atoms with van der Waals surface area (Å²) < 4.78 is 5.91. The van der Waals surface area contributed by atoms with Crippen LogP contribution < -0.4 is 15.4 Å². The van der Waals surface area contributed by atoms with E-state index < -0.39 is 10.8 Å². The van der Waals surface area contributed by atoms with Gasteiger partial charge in [0.25, 0.3) is 17.5 Å². The molecule has 10 heteroatoms. The van der Waals surface area contributed by atoms with Crippen LogP contribution in [0.3, 0.4) is 0 Å². The zero-order valence-electron chi connectivity index (χ0n) is 17.7. The van der Waals surface area contributed by atoms with Crippen LogP contribution in [0.2, 0.25) is 0 Å². The Kier molecular flexibility index (Phi) is 5.73. The van der Waals surface area contributed by atoms with Crippen molar-refractivity contribution in [2.75, 3.05) is 12.4 Å². The van der Waals surface area contributed by atoms with E-state index in [1.165, 1.54) is 31.4 Å². The smallest absolute Gasteiger partial charge is 0.272 e. The van der Waals surface area contributed by atoms with Gasteiger partial charge in [-0.3, -0.25) is 24.7 Å². The minimum absolute atomic E-state index is 0.0514. The Bertz CT molecular complexity index is 1400. The molecule has 4 aromatic rings. The number of H-pyrrole nitrogens is 1. The number of nitrogens with zero attached hydrogens (tertiary/aromatic N) is 2. The normalized spacial score (nSPS) is 10.6. The lowest BCUT2D eigenvalue weighted by molar-refractivity contribution is -0.384. The topological polar surface area (TPSA) is 139 Å². The van der Waals surface area contributed by atoms with E-state index in [1.54, 1.807) is 36.4 Å². The molecule has 4 rings (SSSR count). The van der Waals surface area contributed by atoms with Crippen LogP contribution in [-0.2, 0) is 0 Å². The number of aryl methyl sites for hydroxylation is 1. The Hall–Kier alpha value is -4.73. The number of hydrogen-bond donors (Lipinski definition) is 3. The molecule has 0 aliphatic heterocycles. The number of ether oxygens (including phenoxy) is 1. The van der Waals surface area contributed by atoms with Gasteiger partial charge in [-0.15, -0.1) is 0 Å². The van der Waals surface area contributed by atoms with Crippen LogP contribution >= 0.6 is 0 Å². The maximum absolute atomic E-state index is 12.7. The molecule has 2 heterocycles. The Morgan fingerprint density at radius 3 is 2.64 bits per heavy atom. The Balaban J connectivity index is 1.54. The van der Waals surface area contributed by atoms with Crippen molar-refractivity contribution in [1.29, 1.82) is 0 Å². The first-order chi connectivity index (χ1) is 15.8. The molecule has 2 aromatic carbocycles. The number of non-ortho nitro benzene ring substituents is 1. The lowest BCUT2D eigenvalue weighted by atomic mass is 10.2. The molecule has 0 atom stereocenters. The second kappa shape index (κ2) is 8.79. The molecular formula is C23H19N5O5. The molecule has 0 fully saturated rings. The van der Waals surface area contributed by atoms with Crippen LogP contribution in [0.15, 0.2) is 60.8 Å². The van der Waals surface area contributed by atoms with E-state index in [4.69, 9.17) is 4.74 Å². The first-order valence-corrected chi connectivity index (χ1v) is 9.89. The predicted molar refractivity (Wildman–Crippen MR) is 122 cm³/mol.